The molecule has 0 saturated heterocycles. The predicted octanol–water partition coefficient (Wildman–Crippen LogP) is 3.49. The van der Waals surface area contributed by atoms with Crippen LogP contribution in [0.3, 0.4) is 0 Å². The molecule has 1 unspecified atom stereocenters. The Bertz CT molecular complexity index is 373. The number of amides is 1. The maximum Gasteiger partial charge on any atom is 0.268 e. The van der Waals surface area contributed by atoms with Gasteiger partial charge in [-0.2, -0.15) is 0 Å². The highest BCUT2D eigenvalue weighted by atomic mass is 79.9. The second-order valence-corrected chi connectivity index (χ2v) is 5.44. The smallest absolute Gasteiger partial charge is 0.268 e. The minimum absolute atomic E-state index is 0.00204. The van der Waals surface area contributed by atoms with E-state index >= 15 is 0 Å². The Morgan fingerprint density at radius 2 is 2.24 bits per heavy atom. The van der Waals surface area contributed by atoms with Crippen molar-refractivity contribution >= 4 is 21.8 Å². The molecule has 0 aliphatic carbocycles. The Balaban J connectivity index is 2.46. The molecule has 0 aromatic carbocycles. The highest BCUT2D eigenvalue weighted by Gasteiger charge is 2.13. The average molecular weight is 301 g/mol. The van der Waals surface area contributed by atoms with Crippen molar-refractivity contribution in [2.75, 3.05) is 0 Å². The minimum Gasteiger partial charge on any atom is -0.348 e. The summed E-state index contributed by atoms with van der Waals surface area (Å²) in [4.78, 5) is 12.0. The Morgan fingerprint density at radius 1 is 1.53 bits per heavy atom. The number of halogens is 1. The molecule has 1 aromatic heterocycles. The zero-order valence-corrected chi connectivity index (χ0v) is 12.4. The number of aryl methyl sites for hydroxylation is 1. The molecular formula is C13H21BrN2O. The van der Waals surface area contributed by atoms with E-state index in [0.29, 0.717) is 5.69 Å². The van der Waals surface area contributed by atoms with E-state index in [4.69, 9.17) is 0 Å². The normalized spacial score (nSPS) is 12.5. The lowest BCUT2D eigenvalue weighted by Crippen LogP contribution is -2.33. The summed E-state index contributed by atoms with van der Waals surface area (Å²) in [6.07, 6.45) is 6.55. The first-order valence-corrected chi connectivity index (χ1v) is 6.96. The van der Waals surface area contributed by atoms with Crippen molar-refractivity contribution in [1.29, 1.82) is 0 Å². The fraction of sp³-hybridized carbons (Fsp3) is 0.615. The van der Waals surface area contributed by atoms with Crippen LogP contribution in [0.5, 0.6) is 0 Å². The third kappa shape index (κ3) is 4.54. The molecule has 1 rings (SSSR count). The molecule has 0 fully saturated rings. The van der Waals surface area contributed by atoms with Crippen LogP contribution in [0.25, 0.3) is 0 Å². The van der Waals surface area contributed by atoms with Gasteiger partial charge in [-0.1, -0.05) is 26.2 Å². The number of nitrogens with one attached hydrogen (secondary N) is 1. The number of rotatable bonds is 6. The largest absolute Gasteiger partial charge is 0.348 e. The van der Waals surface area contributed by atoms with E-state index in [9.17, 15) is 4.79 Å². The van der Waals surface area contributed by atoms with Crippen molar-refractivity contribution in [2.24, 2.45) is 7.05 Å². The molecule has 0 bridgehead atoms. The number of carbonyl (C=O) groups is 1. The zero-order valence-electron chi connectivity index (χ0n) is 10.8. The van der Waals surface area contributed by atoms with Crippen molar-refractivity contribution in [1.82, 2.24) is 9.88 Å². The van der Waals surface area contributed by atoms with Crippen LogP contribution in [0.1, 0.15) is 50.0 Å². The van der Waals surface area contributed by atoms with Crippen molar-refractivity contribution in [3.63, 3.8) is 0 Å². The average Bonchev–Trinajstić information content (AvgIpc) is 2.58. The van der Waals surface area contributed by atoms with Crippen LogP contribution in [0.2, 0.25) is 0 Å². The van der Waals surface area contributed by atoms with Crippen LogP contribution < -0.4 is 5.32 Å². The molecule has 0 radical (unpaired) electrons. The Kier molecular flexibility index (Phi) is 5.75. The molecule has 96 valence electrons. The van der Waals surface area contributed by atoms with E-state index < -0.39 is 0 Å². The van der Waals surface area contributed by atoms with Crippen LogP contribution in [0.15, 0.2) is 16.7 Å². The van der Waals surface area contributed by atoms with Gasteiger partial charge < -0.3 is 9.88 Å². The van der Waals surface area contributed by atoms with E-state index in [1.54, 1.807) is 0 Å². The summed E-state index contributed by atoms with van der Waals surface area (Å²) in [5.41, 5.74) is 0.694. The fourth-order valence-electron chi connectivity index (χ4n) is 1.82. The van der Waals surface area contributed by atoms with E-state index in [-0.39, 0.29) is 11.9 Å². The van der Waals surface area contributed by atoms with E-state index in [1.165, 1.54) is 19.3 Å². The van der Waals surface area contributed by atoms with Crippen molar-refractivity contribution in [3.8, 4) is 0 Å². The monoisotopic (exact) mass is 300 g/mol. The number of aromatic nitrogens is 1. The molecule has 1 N–H and O–H groups in total. The summed E-state index contributed by atoms with van der Waals surface area (Å²) >= 11 is 3.37. The Morgan fingerprint density at radius 3 is 2.76 bits per heavy atom. The highest BCUT2D eigenvalue weighted by molar-refractivity contribution is 9.10. The summed E-state index contributed by atoms with van der Waals surface area (Å²) in [5.74, 6) is 0.00204. The third-order valence-corrected chi connectivity index (χ3v) is 3.26. The first-order chi connectivity index (χ1) is 8.04. The van der Waals surface area contributed by atoms with Crippen molar-refractivity contribution in [3.05, 3.63) is 22.4 Å². The first kappa shape index (κ1) is 14.3. The molecule has 4 heteroatoms. The standard InChI is InChI=1S/C13H21BrN2O/c1-4-5-6-7-10(2)15-13(17)12-8-11(14)9-16(12)3/h8-10H,4-7H2,1-3H3,(H,15,17). The molecule has 0 saturated carbocycles. The molecule has 1 atom stereocenters. The van der Waals surface area contributed by atoms with E-state index in [1.807, 2.05) is 23.9 Å². The molecular weight excluding hydrogens is 280 g/mol. The van der Waals surface area contributed by atoms with Gasteiger partial charge in [0.2, 0.25) is 0 Å². The van der Waals surface area contributed by atoms with Gasteiger partial charge in [-0.15, -0.1) is 0 Å². The van der Waals surface area contributed by atoms with E-state index in [0.717, 1.165) is 10.9 Å². The summed E-state index contributed by atoms with van der Waals surface area (Å²) in [5, 5.41) is 3.03. The molecule has 0 aliphatic heterocycles. The molecule has 17 heavy (non-hydrogen) atoms. The van der Waals surface area contributed by atoms with Gasteiger partial charge in [-0.3, -0.25) is 4.79 Å². The topological polar surface area (TPSA) is 34.0 Å². The summed E-state index contributed by atoms with van der Waals surface area (Å²) < 4.78 is 2.77. The summed E-state index contributed by atoms with van der Waals surface area (Å²) in [7, 11) is 1.88. The lowest BCUT2D eigenvalue weighted by atomic mass is 10.1. The van der Waals surface area contributed by atoms with Gasteiger partial charge >= 0.3 is 0 Å². The Hall–Kier alpha value is -0.770. The van der Waals surface area contributed by atoms with E-state index in [2.05, 4.69) is 35.1 Å². The van der Waals surface area contributed by atoms with Gasteiger partial charge in [-0.05, 0) is 35.3 Å². The summed E-state index contributed by atoms with van der Waals surface area (Å²) in [6, 6.07) is 2.08. The second-order valence-electron chi connectivity index (χ2n) is 4.52. The molecule has 0 spiro atoms. The van der Waals surface area contributed by atoms with Gasteiger partial charge in [0.15, 0.2) is 0 Å². The van der Waals surface area contributed by atoms with Crippen LogP contribution in [-0.4, -0.2) is 16.5 Å². The van der Waals surface area contributed by atoms with Crippen LogP contribution in [0.4, 0.5) is 0 Å². The SMILES string of the molecule is CCCCCC(C)NC(=O)c1cc(Br)cn1C. The fourth-order valence-corrected chi connectivity index (χ4v) is 2.34. The second kappa shape index (κ2) is 6.84. The molecule has 1 heterocycles. The minimum atomic E-state index is 0.00204. The number of unbranched alkanes of at least 4 members (excludes halogenated alkanes) is 2. The number of hydrogen-bond acceptors (Lipinski definition) is 1. The molecule has 1 aromatic rings. The van der Waals surface area contributed by atoms with Gasteiger partial charge in [0.1, 0.15) is 5.69 Å². The van der Waals surface area contributed by atoms with Crippen LogP contribution >= 0.6 is 15.9 Å². The lowest BCUT2D eigenvalue weighted by Gasteiger charge is -2.13. The van der Waals surface area contributed by atoms with Crippen LogP contribution in [0, 0.1) is 0 Å². The number of nitrogens with zero attached hydrogens (tertiary/aromatic N) is 1. The Labute approximate surface area is 112 Å². The maximum atomic E-state index is 12.0. The highest BCUT2D eigenvalue weighted by Crippen LogP contribution is 2.14. The number of carbonyl (C=O) groups excluding carboxylic acids is 1. The van der Waals surface area contributed by atoms with Gasteiger partial charge in [0.25, 0.3) is 5.91 Å². The predicted molar refractivity (Wildman–Crippen MR) is 74.2 cm³/mol. The van der Waals surface area contributed by atoms with Crippen molar-refractivity contribution < 1.29 is 4.79 Å². The zero-order chi connectivity index (χ0) is 12.8. The van der Waals surface area contributed by atoms with Crippen LogP contribution in [-0.2, 0) is 7.05 Å². The summed E-state index contributed by atoms with van der Waals surface area (Å²) in [6.45, 7) is 4.25. The van der Waals surface area contributed by atoms with Crippen molar-refractivity contribution in [2.45, 2.75) is 45.6 Å². The van der Waals surface area contributed by atoms with Gasteiger partial charge in [0, 0.05) is 23.8 Å². The lowest BCUT2D eigenvalue weighted by molar-refractivity contribution is 0.0929. The molecule has 3 nitrogen and oxygen atoms in total. The maximum absolute atomic E-state index is 12.0. The molecule has 1 amide bonds. The quantitative estimate of drug-likeness (QED) is 0.802. The van der Waals surface area contributed by atoms with Gasteiger partial charge in [-0.25, -0.2) is 0 Å². The third-order valence-electron chi connectivity index (χ3n) is 2.82. The van der Waals surface area contributed by atoms with Gasteiger partial charge in [0.05, 0.1) is 0 Å². The molecule has 0 aliphatic rings. The first-order valence-electron chi connectivity index (χ1n) is 6.17. The number of hydrogen-bond donors (Lipinski definition) is 1.